The Labute approximate surface area is 131 Å². The van der Waals surface area contributed by atoms with Gasteiger partial charge in [0, 0.05) is 22.7 Å². The minimum atomic E-state index is -0.306. The van der Waals surface area contributed by atoms with Crippen LogP contribution in [-0.2, 0) is 4.79 Å². The molecule has 0 aliphatic carbocycles. The Morgan fingerprint density at radius 2 is 1.95 bits per heavy atom. The number of amides is 1. The molecule has 0 spiro atoms. The van der Waals surface area contributed by atoms with E-state index in [0.717, 1.165) is 40.2 Å². The van der Waals surface area contributed by atoms with Gasteiger partial charge >= 0.3 is 0 Å². The number of alkyl halides is 1. The topological polar surface area (TPSA) is 44.9 Å². The third-order valence-electron chi connectivity index (χ3n) is 4.58. The van der Waals surface area contributed by atoms with Crippen LogP contribution in [0, 0.1) is 13.8 Å². The van der Waals surface area contributed by atoms with Gasteiger partial charge in [-0.25, -0.2) is 0 Å². The van der Waals surface area contributed by atoms with Crippen molar-refractivity contribution in [2.75, 3.05) is 6.67 Å². The predicted molar refractivity (Wildman–Crippen MR) is 88.4 cm³/mol. The highest BCUT2D eigenvalue weighted by Crippen LogP contribution is 2.31. The van der Waals surface area contributed by atoms with E-state index in [9.17, 15) is 9.18 Å². The Bertz CT molecular complexity index is 652. The van der Waals surface area contributed by atoms with Gasteiger partial charge in [-0.1, -0.05) is 13.8 Å². The molecule has 1 aromatic rings. The highest BCUT2D eigenvalue weighted by molar-refractivity contribution is 6.00. The van der Waals surface area contributed by atoms with Crippen LogP contribution in [0.2, 0.25) is 0 Å². The highest BCUT2D eigenvalue weighted by Gasteiger charge is 2.23. The third-order valence-corrected chi connectivity index (χ3v) is 4.58. The molecule has 22 heavy (non-hydrogen) atoms. The molecule has 2 heterocycles. The van der Waals surface area contributed by atoms with E-state index in [2.05, 4.69) is 31.1 Å². The molecule has 120 valence electrons. The van der Waals surface area contributed by atoms with Gasteiger partial charge in [0.1, 0.15) is 0 Å². The van der Waals surface area contributed by atoms with Crippen LogP contribution < -0.4 is 5.32 Å². The van der Waals surface area contributed by atoms with Gasteiger partial charge in [-0.3, -0.25) is 9.18 Å². The summed E-state index contributed by atoms with van der Waals surface area (Å²) in [4.78, 5) is 15.2. The summed E-state index contributed by atoms with van der Waals surface area (Å²) in [5, 5.41) is 2.93. The average molecular weight is 304 g/mol. The molecule has 1 amide bonds. The van der Waals surface area contributed by atoms with Crippen molar-refractivity contribution in [1.82, 2.24) is 10.3 Å². The standard InChI is InChI=1S/C18H25FN2O/c1-6-14-11(3)18(22)21-16(14)9-15-12(4)17(13(5)20-15)10(2)7-8-19/h9-10,20H,6-8H2,1-5H3,(H,21,22)/b16-9+/t10-/m0/s1. The second-order valence-corrected chi connectivity index (χ2v) is 6.05. The van der Waals surface area contributed by atoms with Crippen LogP contribution in [0.3, 0.4) is 0 Å². The first-order chi connectivity index (χ1) is 10.4. The third kappa shape index (κ3) is 2.87. The molecule has 3 nitrogen and oxygen atoms in total. The molecule has 1 atom stereocenters. The van der Waals surface area contributed by atoms with Crippen molar-refractivity contribution in [3.05, 3.63) is 39.4 Å². The fourth-order valence-corrected chi connectivity index (χ4v) is 3.33. The first-order valence-corrected chi connectivity index (χ1v) is 7.88. The predicted octanol–water partition coefficient (Wildman–Crippen LogP) is 4.29. The maximum atomic E-state index is 12.6. The van der Waals surface area contributed by atoms with Gasteiger partial charge in [0.15, 0.2) is 0 Å². The number of aromatic amines is 1. The fourth-order valence-electron chi connectivity index (χ4n) is 3.33. The van der Waals surface area contributed by atoms with Gasteiger partial charge in [0.05, 0.1) is 6.67 Å². The molecule has 0 bridgehead atoms. The van der Waals surface area contributed by atoms with E-state index >= 15 is 0 Å². The number of aromatic nitrogens is 1. The molecule has 2 rings (SSSR count). The lowest BCUT2D eigenvalue weighted by Crippen LogP contribution is -2.15. The Balaban J connectivity index is 2.42. The van der Waals surface area contributed by atoms with E-state index in [0.29, 0.717) is 6.42 Å². The first kappa shape index (κ1) is 16.5. The van der Waals surface area contributed by atoms with Crippen LogP contribution in [0.5, 0.6) is 0 Å². The molecular formula is C18H25FN2O. The summed E-state index contributed by atoms with van der Waals surface area (Å²) >= 11 is 0. The smallest absolute Gasteiger partial charge is 0.251 e. The van der Waals surface area contributed by atoms with E-state index in [1.807, 2.05) is 19.9 Å². The van der Waals surface area contributed by atoms with Gasteiger partial charge in [-0.15, -0.1) is 0 Å². The zero-order valence-electron chi connectivity index (χ0n) is 14.1. The van der Waals surface area contributed by atoms with Crippen molar-refractivity contribution in [3.8, 4) is 0 Å². The second-order valence-electron chi connectivity index (χ2n) is 6.05. The average Bonchev–Trinajstić information content (AvgIpc) is 2.88. The maximum Gasteiger partial charge on any atom is 0.251 e. The summed E-state index contributed by atoms with van der Waals surface area (Å²) in [6.45, 7) is 9.73. The van der Waals surface area contributed by atoms with Crippen LogP contribution in [0.1, 0.15) is 62.0 Å². The summed E-state index contributed by atoms with van der Waals surface area (Å²) in [5.41, 5.74) is 7.13. The van der Waals surface area contributed by atoms with E-state index in [-0.39, 0.29) is 18.5 Å². The molecule has 0 aromatic carbocycles. The van der Waals surface area contributed by atoms with Gasteiger partial charge in [-0.05, 0) is 62.3 Å². The zero-order chi connectivity index (χ0) is 16.4. The lowest BCUT2D eigenvalue weighted by Gasteiger charge is -2.10. The number of carbonyl (C=O) groups is 1. The fraction of sp³-hybridized carbons (Fsp3) is 0.500. The Morgan fingerprint density at radius 3 is 2.55 bits per heavy atom. The number of halogens is 1. The molecule has 2 N–H and O–H groups in total. The van der Waals surface area contributed by atoms with Crippen molar-refractivity contribution < 1.29 is 9.18 Å². The van der Waals surface area contributed by atoms with Crippen LogP contribution in [-0.4, -0.2) is 17.6 Å². The summed E-state index contributed by atoms with van der Waals surface area (Å²) in [6, 6.07) is 0. The van der Waals surface area contributed by atoms with Gasteiger partial charge in [0.2, 0.25) is 0 Å². The summed E-state index contributed by atoms with van der Waals surface area (Å²) in [5.74, 6) is 0.171. The zero-order valence-corrected chi connectivity index (χ0v) is 14.1. The lowest BCUT2D eigenvalue weighted by molar-refractivity contribution is -0.116. The molecule has 1 aromatic heterocycles. The number of hydrogen-bond acceptors (Lipinski definition) is 1. The number of rotatable bonds is 5. The van der Waals surface area contributed by atoms with Crippen LogP contribution in [0.15, 0.2) is 16.8 Å². The van der Waals surface area contributed by atoms with Crippen molar-refractivity contribution in [2.45, 2.75) is 53.4 Å². The van der Waals surface area contributed by atoms with Gasteiger partial charge in [-0.2, -0.15) is 0 Å². The Kier molecular flexibility index (Phi) is 4.89. The van der Waals surface area contributed by atoms with Crippen molar-refractivity contribution >= 4 is 12.0 Å². The largest absolute Gasteiger partial charge is 0.359 e. The summed E-state index contributed by atoms with van der Waals surface area (Å²) < 4.78 is 12.6. The van der Waals surface area contributed by atoms with Crippen LogP contribution >= 0.6 is 0 Å². The van der Waals surface area contributed by atoms with Crippen molar-refractivity contribution in [3.63, 3.8) is 0 Å². The van der Waals surface area contributed by atoms with Gasteiger partial charge in [0.25, 0.3) is 5.91 Å². The van der Waals surface area contributed by atoms with Crippen LogP contribution in [0.25, 0.3) is 6.08 Å². The number of allylic oxidation sites excluding steroid dienone is 1. The molecular weight excluding hydrogens is 279 g/mol. The molecule has 4 heteroatoms. The quantitative estimate of drug-likeness (QED) is 0.837. The second kappa shape index (κ2) is 6.51. The molecule has 0 fully saturated rings. The minimum Gasteiger partial charge on any atom is -0.359 e. The highest BCUT2D eigenvalue weighted by atomic mass is 19.1. The number of nitrogens with one attached hydrogen (secondary N) is 2. The van der Waals surface area contributed by atoms with E-state index in [4.69, 9.17) is 0 Å². The number of hydrogen-bond donors (Lipinski definition) is 2. The van der Waals surface area contributed by atoms with E-state index < -0.39 is 0 Å². The molecule has 0 saturated heterocycles. The van der Waals surface area contributed by atoms with Crippen molar-refractivity contribution in [1.29, 1.82) is 0 Å². The molecule has 1 aliphatic heterocycles. The number of aryl methyl sites for hydroxylation is 1. The van der Waals surface area contributed by atoms with E-state index in [1.165, 1.54) is 5.56 Å². The van der Waals surface area contributed by atoms with Crippen molar-refractivity contribution in [2.24, 2.45) is 0 Å². The minimum absolute atomic E-state index is 0.0185. The SMILES string of the molecule is CCC1=C(C)C(=O)N/C1=C/c1[nH]c(C)c([C@@H](C)CCF)c1C. The van der Waals surface area contributed by atoms with E-state index in [1.54, 1.807) is 0 Å². The number of carbonyl (C=O) groups excluding carboxylic acids is 1. The molecule has 0 saturated carbocycles. The molecule has 0 radical (unpaired) electrons. The normalized spacial score (nSPS) is 18.3. The first-order valence-electron chi connectivity index (χ1n) is 7.88. The maximum absolute atomic E-state index is 12.6. The molecule has 0 unspecified atom stereocenters. The van der Waals surface area contributed by atoms with Crippen LogP contribution in [0.4, 0.5) is 4.39 Å². The lowest BCUT2D eigenvalue weighted by atomic mass is 9.94. The summed E-state index contributed by atoms with van der Waals surface area (Å²) in [7, 11) is 0. The number of H-pyrrole nitrogens is 1. The summed E-state index contributed by atoms with van der Waals surface area (Å²) in [6.07, 6.45) is 3.35. The molecule has 1 aliphatic rings. The Morgan fingerprint density at radius 1 is 1.27 bits per heavy atom. The Hall–Kier alpha value is -1.84. The van der Waals surface area contributed by atoms with Gasteiger partial charge < -0.3 is 10.3 Å². The monoisotopic (exact) mass is 304 g/mol.